The van der Waals surface area contributed by atoms with Crippen molar-refractivity contribution in [1.29, 1.82) is 0 Å². The van der Waals surface area contributed by atoms with E-state index in [9.17, 15) is 24.0 Å². The molecule has 2 unspecified atom stereocenters. The van der Waals surface area contributed by atoms with E-state index in [4.69, 9.17) is 4.74 Å². The van der Waals surface area contributed by atoms with E-state index >= 15 is 0 Å². The molecule has 5 amide bonds. The second-order valence-electron chi connectivity index (χ2n) is 10.8. The van der Waals surface area contributed by atoms with Gasteiger partial charge in [-0.05, 0) is 51.2 Å². The van der Waals surface area contributed by atoms with Gasteiger partial charge in [0.05, 0.1) is 11.8 Å². The minimum absolute atomic E-state index is 0.0120. The molecule has 1 aromatic rings. The Hall–Kier alpha value is -3.43. The molecule has 0 spiro atoms. The summed E-state index contributed by atoms with van der Waals surface area (Å²) in [6.07, 6.45) is 0.258. The molecule has 0 bridgehead atoms. The predicted molar refractivity (Wildman–Crippen MR) is 133 cm³/mol. The van der Waals surface area contributed by atoms with Crippen molar-refractivity contribution in [2.45, 2.75) is 66.5 Å². The summed E-state index contributed by atoms with van der Waals surface area (Å²) in [6.45, 7) is 12.3. The van der Waals surface area contributed by atoms with Crippen LogP contribution in [-0.2, 0) is 19.1 Å². The maximum Gasteiger partial charge on any atom is 0.344 e. The fourth-order valence-electron chi connectivity index (χ4n) is 3.87. The lowest BCUT2D eigenvalue weighted by Gasteiger charge is -2.30. The van der Waals surface area contributed by atoms with Crippen molar-refractivity contribution in [3.63, 3.8) is 0 Å². The highest BCUT2D eigenvalue weighted by atomic mass is 16.6. The van der Waals surface area contributed by atoms with Crippen molar-refractivity contribution in [2.24, 2.45) is 23.7 Å². The summed E-state index contributed by atoms with van der Waals surface area (Å²) in [5.41, 5.74) is 1.98. The van der Waals surface area contributed by atoms with Gasteiger partial charge >= 0.3 is 12.0 Å². The SMILES string of the molecule is CC(C)CC(C(=O)NN1C(=O)NC(C(C)C)C1=O)[C@H](CNC(=O)c1ccccc1)C(=O)OC(C)(C)C. The molecule has 0 aromatic heterocycles. The number of hydrazine groups is 1. The van der Waals surface area contributed by atoms with Crippen LogP contribution in [0.4, 0.5) is 4.79 Å². The van der Waals surface area contributed by atoms with Crippen LogP contribution < -0.4 is 16.1 Å². The first-order valence-corrected chi connectivity index (χ1v) is 12.2. The van der Waals surface area contributed by atoms with Crippen LogP contribution in [0, 0.1) is 23.7 Å². The first-order chi connectivity index (χ1) is 16.7. The van der Waals surface area contributed by atoms with Crippen LogP contribution in [-0.4, -0.2) is 52.9 Å². The quantitative estimate of drug-likeness (QED) is 0.333. The van der Waals surface area contributed by atoms with Gasteiger partial charge in [-0.25, -0.2) is 4.79 Å². The van der Waals surface area contributed by atoms with Gasteiger partial charge in [-0.15, -0.1) is 0 Å². The Morgan fingerprint density at radius 1 is 1.03 bits per heavy atom. The van der Waals surface area contributed by atoms with Crippen molar-refractivity contribution < 1.29 is 28.7 Å². The van der Waals surface area contributed by atoms with Gasteiger partial charge in [-0.3, -0.25) is 24.6 Å². The number of hydrogen-bond acceptors (Lipinski definition) is 6. The molecule has 1 aliphatic heterocycles. The van der Waals surface area contributed by atoms with Crippen LogP contribution in [0.15, 0.2) is 30.3 Å². The van der Waals surface area contributed by atoms with Crippen molar-refractivity contribution in [3.8, 4) is 0 Å². The van der Waals surface area contributed by atoms with E-state index < -0.39 is 53.2 Å². The van der Waals surface area contributed by atoms with Crippen molar-refractivity contribution >= 4 is 29.7 Å². The fourth-order valence-corrected chi connectivity index (χ4v) is 3.87. The minimum atomic E-state index is -1.05. The van der Waals surface area contributed by atoms with Gasteiger partial charge in [0.25, 0.3) is 11.8 Å². The fraction of sp³-hybridized carbons (Fsp3) is 0.577. The molecule has 1 aromatic carbocycles. The Labute approximate surface area is 212 Å². The molecule has 0 saturated carbocycles. The summed E-state index contributed by atoms with van der Waals surface area (Å²) < 4.78 is 5.58. The standard InChI is InChI=1S/C26H38N4O6/c1-15(2)13-18(22(32)29-30-23(33)20(16(3)4)28-25(30)35)19(24(34)36-26(5,6)7)14-27-21(31)17-11-9-8-10-12-17/h8-12,15-16,18-20H,13-14H2,1-7H3,(H,27,31)(H,28,35)(H,29,32)/t18?,19-,20?/m0/s1. The molecule has 1 fully saturated rings. The minimum Gasteiger partial charge on any atom is -0.460 e. The van der Waals surface area contributed by atoms with E-state index in [2.05, 4.69) is 16.1 Å². The first kappa shape index (κ1) is 28.8. The number of esters is 1. The average Bonchev–Trinajstić information content (AvgIpc) is 3.06. The van der Waals surface area contributed by atoms with E-state index in [-0.39, 0.29) is 24.8 Å². The van der Waals surface area contributed by atoms with Gasteiger partial charge < -0.3 is 15.4 Å². The summed E-state index contributed by atoms with van der Waals surface area (Å²) >= 11 is 0. The number of nitrogens with zero attached hydrogens (tertiary/aromatic N) is 1. The third-order valence-corrected chi connectivity index (χ3v) is 5.63. The molecule has 10 heteroatoms. The Morgan fingerprint density at radius 2 is 1.64 bits per heavy atom. The zero-order chi connectivity index (χ0) is 27.2. The second kappa shape index (κ2) is 12.0. The zero-order valence-corrected chi connectivity index (χ0v) is 22.1. The molecule has 3 N–H and O–H groups in total. The average molecular weight is 503 g/mol. The number of nitrogens with one attached hydrogen (secondary N) is 3. The van der Waals surface area contributed by atoms with Crippen LogP contribution in [0.5, 0.6) is 0 Å². The molecule has 36 heavy (non-hydrogen) atoms. The largest absolute Gasteiger partial charge is 0.460 e. The number of benzene rings is 1. The Balaban J connectivity index is 2.30. The lowest BCUT2D eigenvalue weighted by molar-refractivity contribution is -0.164. The second-order valence-corrected chi connectivity index (χ2v) is 10.8. The first-order valence-electron chi connectivity index (χ1n) is 12.2. The highest BCUT2D eigenvalue weighted by Crippen LogP contribution is 2.25. The number of ether oxygens (including phenoxy) is 1. The van der Waals surface area contributed by atoms with E-state index in [1.165, 1.54) is 0 Å². The Morgan fingerprint density at radius 3 is 2.14 bits per heavy atom. The number of hydrogen-bond donors (Lipinski definition) is 3. The van der Waals surface area contributed by atoms with Crippen LogP contribution in [0.3, 0.4) is 0 Å². The van der Waals surface area contributed by atoms with Gasteiger partial charge in [0, 0.05) is 12.1 Å². The summed E-state index contributed by atoms with van der Waals surface area (Å²) in [4.78, 5) is 64.4. The molecule has 10 nitrogen and oxygen atoms in total. The van der Waals surface area contributed by atoms with Crippen molar-refractivity contribution in [2.75, 3.05) is 6.54 Å². The van der Waals surface area contributed by atoms with Gasteiger partial charge in [-0.2, -0.15) is 5.01 Å². The molecule has 2 rings (SSSR count). The molecule has 1 aliphatic rings. The number of amides is 5. The predicted octanol–water partition coefficient (Wildman–Crippen LogP) is 2.64. The van der Waals surface area contributed by atoms with Gasteiger partial charge in [0.2, 0.25) is 5.91 Å². The van der Waals surface area contributed by atoms with Crippen LogP contribution in [0.25, 0.3) is 0 Å². The smallest absolute Gasteiger partial charge is 0.344 e. The van der Waals surface area contributed by atoms with Gasteiger partial charge in [-0.1, -0.05) is 45.9 Å². The Kier molecular flexibility index (Phi) is 9.61. The summed E-state index contributed by atoms with van der Waals surface area (Å²) in [5.74, 6) is -4.52. The van der Waals surface area contributed by atoms with E-state index in [1.54, 1.807) is 65.0 Å². The molecule has 198 valence electrons. The van der Waals surface area contributed by atoms with Crippen LogP contribution in [0.2, 0.25) is 0 Å². The van der Waals surface area contributed by atoms with Gasteiger partial charge in [0.15, 0.2) is 0 Å². The van der Waals surface area contributed by atoms with Crippen molar-refractivity contribution in [1.82, 2.24) is 21.1 Å². The monoisotopic (exact) mass is 502 g/mol. The zero-order valence-electron chi connectivity index (χ0n) is 22.1. The molecule has 1 heterocycles. The highest BCUT2D eigenvalue weighted by molar-refractivity contribution is 6.05. The molecule has 1 saturated heterocycles. The summed E-state index contributed by atoms with van der Waals surface area (Å²) in [6, 6.07) is 7.01. The molecule has 0 aliphatic carbocycles. The third-order valence-electron chi connectivity index (χ3n) is 5.63. The molecular weight excluding hydrogens is 464 g/mol. The number of imide groups is 1. The van der Waals surface area contributed by atoms with Crippen LogP contribution in [0.1, 0.15) is 65.2 Å². The Bertz CT molecular complexity index is 970. The molecule has 3 atom stereocenters. The number of carbonyl (C=O) groups excluding carboxylic acids is 5. The number of urea groups is 1. The highest BCUT2D eigenvalue weighted by Gasteiger charge is 2.43. The molecule has 0 radical (unpaired) electrons. The topological polar surface area (TPSA) is 134 Å². The number of carbonyl (C=O) groups is 5. The molecular formula is C26H38N4O6. The lowest BCUT2D eigenvalue weighted by atomic mass is 9.84. The van der Waals surface area contributed by atoms with E-state index in [1.807, 2.05) is 13.8 Å². The van der Waals surface area contributed by atoms with Crippen molar-refractivity contribution in [3.05, 3.63) is 35.9 Å². The normalized spacial score (nSPS) is 17.6. The summed E-state index contributed by atoms with van der Waals surface area (Å²) in [5, 5.41) is 5.94. The van der Waals surface area contributed by atoms with Crippen LogP contribution >= 0.6 is 0 Å². The van der Waals surface area contributed by atoms with E-state index in [0.29, 0.717) is 10.6 Å². The maximum atomic E-state index is 13.4. The third kappa shape index (κ3) is 7.79. The summed E-state index contributed by atoms with van der Waals surface area (Å²) in [7, 11) is 0. The maximum absolute atomic E-state index is 13.4. The van der Waals surface area contributed by atoms with E-state index in [0.717, 1.165) is 0 Å². The van der Waals surface area contributed by atoms with Gasteiger partial charge in [0.1, 0.15) is 11.6 Å². The number of rotatable bonds is 10. The lowest BCUT2D eigenvalue weighted by Crippen LogP contribution is -2.52.